The summed E-state index contributed by atoms with van der Waals surface area (Å²) in [4.78, 5) is 13.7. The Morgan fingerprint density at radius 2 is 2.00 bits per heavy atom. The summed E-state index contributed by atoms with van der Waals surface area (Å²) in [5, 5.41) is 3.46. The number of carbonyl (C=O) groups excluding carboxylic acids is 1. The summed E-state index contributed by atoms with van der Waals surface area (Å²) in [6.07, 6.45) is 0. The molecule has 0 bridgehead atoms. The Kier molecular flexibility index (Phi) is 7.82. The van der Waals surface area contributed by atoms with Crippen LogP contribution in [0.1, 0.15) is 23.6 Å². The minimum Gasteiger partial charge on any atom is -0.481 e. The second-order valence-corrected chi connectivity index (χ2v) is 6.01. The molecule has 1 aliphatic heterocycles. The van der Waals surface area contributed by atoms with E-state index in [1.807, 2.05) is 13.8 Å². The summed E-state index contributed by atoms with van der Waals surface area (Å²) in [6.45, 7) is 10.3. The van der Waals surface area contributed by atoms with E-state index in [1.165, 1.54) is 12.7 Å². The van der Waals surface area contributed by atoms with Gasteiger partial charge in [-0.2, -0.15) is 0 Å². The molecule has 0 radical (unpaired) electrons. The third-order valence-electron chi connectivity index (χ3n) is 3.94. The van der Waals surface area contributed by atoms with E-state index in [2.05, 4.69) is 34.0 Å². The molecule has 1 fully saturated rings. The molecule has 5 nitrogen and oxygen atoms in total. The maximum Gasteiger partial charge on any atom is 0.343 e. The lowest BCUT2D eigenvalue weighted by Crippen LogP contribution is -2.48. The van der Waals surface area contributed by atoms with E-state index in [9.17, 15) is 4.79 Å². The van der Waals surface area contributed by atoms with Crippen molar-refractivity contribution in [1.82, 2.24) is 10.2 Å². The lowest BCUT2D eigenvalue weighted by atomic mass is 10.0. The zero-order valence-corrected chi connectivity index (χ0v) is 15.2. The molecule has 0 aliphatic carbocycles. The molecular formula is C17H27ClN2O3. The van der Waals surface area contributed by atoms with E-state index in [-0.39, 0.29) is 25.0 Å². The van der Waals surface area contributed by atoms with Crippen LogP contribution in [0.3, 0.4) is 0 Å². The number of aryl methyl sites for hydroxylation is 2. The Labute approximate surface area is 144 Å². The van der Waals surface area contributed by atoms with E-state index < -0.39 is 0 Å². The number of ether oxygens (including phenoxy) is 2. The highest BCUT2D eigenvalue weighted by Gasteiger charge is 2.16. The van der Waals surface area contributed by atoms with Gasteiger partial charge in [-0.15, -0.1) is 12.4 Å². The lowest BCUT2D eigenvalue weighted by Gasteiger charge is -2.32. The van der Waals surface area contributed by atoms with Gasteiger partial charge in [0.2, 0.25) is 0 Å². The maximum absolute atomic E-state index is 11.2. The second-order valence-electron chi connectivity index (χ2n) is 6.01. The maximum atomic E-state index is 11.2. The molecule has 0 aromatic heterocycles. The SMILES string of the molecule is COC(=O)COc1c(C)cc(CN2CCN[C@H](C)C2)cc1C.Cl. The summed E-state index contributed by atoms with van der Waals surface area (Å²) in [7, 11) is 1.36. The Bertz CT molecular complexity index is 514. The van der Waals surface area contributed by atoms with Crippen molar-refractivity contribution in [2.75, 3.05) is 33.4 Å². The molecular weight excluding hydrogens is 316 g/mol. The van der Waals surface area contributed by atoms with Gasteiger partial charge in [0.15, 0.2) is 6.61 Å². The van der Waals surface area contributed by atoms with Crippen LogP contribution in [0.2, 0.25) is 0 Å². The Morgan fingerprint density at radius 1 is 1.35 bits per heavy atom. The van der Waals surface area contributed by atoms with Crippen LogP contribution in [-0.2, 0) is 16.1 Å². The van der Waals surface area contributed by atoms with E-state index in [0.29, 0.717) is 6.04 Å². The van der Waals surface area contributed by atoms with E-state index in [0.717, 1.165) is 43.1 Å². The Morgan fingerprint density at radius 3 is 2.57 bits per heavy atom. The van der Waals surface area contributed by atoms with Crippen molar-refractivity contribution in [3.63, 3.8) is 0 Å². The molecule has 1 heterocycles. The van der Waals surface area contributed by atoms with Crippen LogP contribution < -0.4 is 10.1 Å². The lowest BCUT2D eigenvalue weighted by molar-refractivity contribution is -0.142. The standard InChI is InChI=1S/C17H26N2O3.ClH/c1-12-7-15(10-19-6-5-18-14(3)9-19)8-13(2)17(12)22-11-16(20)21-4;/h7-8,14,18H,5-6,9-11H2,1-4H3;1H/t14-;/m1./s1. The molecule has 0 unspecified atom stereocenters. The highest BCUT2D eigenvalue weighted by atomic mass is 35.5. The number of rotatable bonds is 5. The van der Waals surface area contributed by atoms with Gasteiger partial charge in [0.1, 0.15) is 5.75 Å². The van der Waals surface area contributed by atoms with Crippen LogP contribution in [0, 0.1) is 13.8 Å². The number of nitrogens with one attached hydrogen (secondary N) is 1. The van der Waals surface area contributed by atoms with Crippen LogP contribution >= 0.6 is 12.4 Å². The Balaban J connectivity index is 0.00000264. The highest BCUT2D eigenvalue weighted by molar-refractivity contribution is 5.85. The number of carbonyl (C=O) groups is 1. The summed E-state index contributed by atoms with van der Waals surface area (Å²) in [5.41, 5.74) is 3.40. The molecule has 1 atom stereocenters. The first-order chi connectivity index (χ1) is 10.5. The number of methoxy groups -OCH3 is 1. The van der Waals surface area contributed by atoms with Gasteiger partial charge < -0.3 is 14.8 Å². The minimum atomic E-state index is -0.363. The second kappa shape index (κ2) is 9.11. The van der Waals surface area contributed by atoms with Crippen LogP contribution in [0.15, 0.2) is 12.1 Å². The van der Waals surface area contributed by atoms with E-state index >= 15 is 0 Å². The molecule has 2 rings (SSSR count). The molecule has 0 spiro atoms. The molecule has 1 N–H and O–H groups in total. The van der Waals surface area contributed by atoms with Crippen LogP contribution in [0.5, 0.6) is 5.75 Å². The first kappa shape index (κ1) is 19.7. The third kappa shape index (κ3) is 5.68. The molecule has 130 valence electrons. The largest absolute Gasteiger partial charge is 0.481 e. The quantitative estimate of drug-likeness (QED) is 0.830. The molecule has 1 aromatic rings. The van der Waals surface area contributed by atoms with Crippen molar-refractivity contribution < 1.29 is 14.3 Å². The van der Waals surface area contributed by atoms with Crippen molar-refractivity contribution in [2.45, 2.75) is 33.4 Å². The van der Waals surface area contributed by atoms with E-state index in [4.69, 9.17) is 4.74 Å². The van der Waals surface area contributed by atoms with Gasteiger partial charge in [-0.05, 0) is 37.5 Å². The highest BCUT2D eigenvalue weighted by Crippen LogP contribution is 2.25. The first-order valence-corrected chi connectivity index (χ1v) is 7.75. The number of nitrogens with zero attached hydrogens (tertiary/aromatic N) is 1. The van der Waals surface area contributed by atoms with Gasteiger partial charge in [-0.1, -0.05) is 12.1 Å². The average molecular weight is 343 g/mol. The summed E-state index contributed by atoms with van der Waals surface area (Å²) in [6, 6.07) is 4.83. The van der Waals surface area contributed by atoms with Crippen molar-refractivity contribution in [3.8, 4) is 5.75 Å². The zero-order valence-electron chi connectivity index (χ0n) is 14.3. The van der Waals surface area contributed by atoms with Crippen molar-refractivity contribution in [2.24, 2.45) is 0 Å². The number of hydrogen-bond acceptors (Lipinski definition) is 5. The topological polar surface area (TPSA) is 50.8 Å². The smallest absolute Gasteiger partial charge is 0.343 e. The predicted octanol–water partition coefficient (Wildman–Crippen LogP) is 2.07. The molecule has 6 heteroatoms. The fourth-order valence-electron chi connectivity index (χ4n) is 2.96. The van der Waals surface area contributed by atoms with Gasteiger partial charge in [-0.3, -0.25) is 4.90 Å². The first-order valence-electron chi connectivity index (χ1n) is 7.75. The van der Waals surface area contributed by atoms with Gasteiger partial charge in [-0.25, -0.2) is 4.79 Å². The van der Waals surface area contributed by atoms with Crippen LogP contribution in [0.25, 0.3) is 0 Å². The van der Waals surface area contributed by atoms with Gasteiger partial charge in [0, 0.05) is 32.2 Å². The summed E-state index contributed by atoms with van der Waals surface area (Å²) < 4.78 is 10.2. The van der Waals surface area contributed by atoms with Gasteiger partial charge >= 0.3 is 5.97 Å². The van der Waals surface area contributed by atoms with Crippen LogP contribution in [-0.4, -0.2) is 50.3 Å². The normalized spacial score (nSPS) is 18.2. The number of hydrogen-bond donors (Lipinski definition) is 1. The average Bonchev–Trinajstić information content (AvgIpc) is 2.46. The van der Waals surface area contributed by atoms with Crippen molar-refractivity contribution in [3.05, 3.63) is 28.8 Å². The molecule has 23 heavy (non-hydrogen) atoms. The predicted molar refractivity (Wildman–Crippen MR) is 93.4 cm³/mol. The van der Waals surface area contributed by atoms with E-state index in [1.54, 1.807) is 0 Å². The van der Waals surface area contributed by atoms with Gasteiger partial charge in [0.05, 0.1) is 7.11 Å². The molecule has 1 saturated heterocycles. The minimum absolute atomic E-state index is 0. The number of piperazine rings is 1. The molecule has 0 saturated carbocycles. The van der Waals surface area contributed by atoms with Crippen molar-refractivity contribution in [1.29, 1.82) is 0 Å². The van der Waals surface area contributed by atoms with Crippen LogP contribution in [0.4, 0.5) is 0 Å². The molecule has 0 amide bonds. The fourth-order valence-corrected chi connectivity index (χ4v) is 2.96. The Hall–Kier alpha value is -1.30. The number of esters is 1. The summed E-state index contributed by atoms with van der Waals surface area (Å²) in [5.74, 6) is 0.417. The fraction of sp³-hybridized carbons (Fsp3) is 0.588. The molecule has 1 aromatic carbocycles. The number of halogens is 1. The number of benzene rings is 1. The monoisotopic (exact) mass is 342 g/mol. The van der Waals surface area contributed by atoms with Crippen molar-refractivity contribution >= 4 is 18.4 Å². The third-order valence-corrected chi connectivity index (χ3v) is 3.94. The summed E-state index contributed by atoms with van der Waals surface area (Å²) >= 11 is 0. The molecule has 1 aliphatic rings. The van der Waals surface area contributed by atoms with Gasteiger partial charge in [0.25, 0.3) is 0 Å². The zero-order chi connectivity index (χ0) is 16.1.